The van der Waals surface area contributed by atoms with Gasteiger partial charge in [0, 0.05) is 11.1 Å². The maximum Gasteiger partial charge on any atom is 0.249 e. The van der Waals surface area contributed by atoms with Crippen molar-refractivity contribution in [2.45, 2.75) is 26.7 Å². The second-order valence-corrected chi connectivity index (χ2v) is 7.06. The molecule has 4 N–H and O–H groups in total. The van der Waals surface area contributed by atoms with E-state index in [4.69, 9.17) is 11.5 Å². The van der Waals surface area contributed by atoms with E-state index >= 15 is 0 Å². The van der Waals surface area contributed by atoms with Gasteiger partial charge in [-0.1, -0.05) is 50.2 Å². The van der Waals surface area contributed by atoms with Gasteiger partial charge in [-0.25, -0.2) is 0 Å². The second-order valence-electron chi connectivity index (χ2n) is 7.06. The first kappa shape index (κ1) is 18.0. The monoisotopic (exact) mass is 370 g/mol. The molecule has 0 fully saturated rings. The van der Waals surface area contributed by atoms with E-state index < -0.39 is 11.8 Å². The first-order chi connectivity index (χ1) is 13.5. The molecule has 28 heavy (non-hydrogen) atoms. The molecule has 0 bridgehead atoms. The molecular formula is C24H22N2O2. The number of rotatable bonds is 4. The molecule has 0 saturated heterocycles. The van der Waals surface area contributed by atoms with Crippen LogP contribution < -0.4 is 11.5 Å². The molecule has 140 valence electrons. The minimum Gasteiger partial charge on any atom is -0.366 e. The van der Waals surface area contributed by atoms with Gasteiger partial charge in [-0.2, -0.15) is 0 Å². The van der Waals surface area contributed by atoms with E-state index in [1.54, 1.807) is 12.1 Å². The van der Waals surface area contributed by atoms with E-state index in [1.807, 2.05) is 24.3 Å². The molecule has 0 aliphatic heterocycles. The van der Waals surface area contributed by atoms with Crippen molar-refractivity contribution < 1.29 is 9.59 Å². The number of nitrogens with two attached hydrogens (primary N) is 2. The lowest BCUT2D eigenvalue weighted by molar-refractivity contribution is 0.0994. The number of benzene rings is 4. The zero-order valence-corrected chi connectivity index (χ0v) is 16.0. The Kier molecular flexibility index (Phi) is 4.27. The third-order valence-electron chi connectivity index (χ3n) is 5.56. The average molecular weight is 370 g/mol. The highest BCUT2D eigenvalue weighted by Crippen LogP contribution is 2.39. The normalized spacial score (nSPS) is 11.4. The lowest BCUT2D eigenvalue weighted by Crippen LogP contribution is -2.13. The summed E-state index contributed by atoms with van der Waals surface area (Å²) in [5.74, 6) is -0.964. The first-order valence-electron chi connectivity index (χ1n) is 9.50. The molecule has 0 aliphatic rings. The van der Waals surface area contributed by atoms with Gasteiger partial charge in [0.1, 0.15) is 0 Å². The molecule has 4 aromatic rings. The highest BCUT2D eigenvalue weighted by Gasteiger charge is 2.19. The third-order valence-corrected chi connectivity index (χ3v) is 5.56. The van der Waals surface area contributed by atoms with Crippen molar-refractivity contribution in [2.75, 3.05) is 0 Å². The van der Waals surface area contributed by atoms with Gasteiger partial charge in [0.15, 0.2) is 0 Å². The Morgan fingerprint density at radius 3 is 1.50 bits per heavy atom. The summed E-state index contributed by atoms with van der Waals surface area (Å²) in [6, 6.07) is 15.5. The third kappa shape index (κ3) is 2.53. The lowest BCUT2D eigenvalue weighted by atomic mass is 9.86. The number of aryl methyl sites for hydroxylation is 2. The van der Waals surface area contributed by atoms with E-state index in [0.29, 0.717) is 11.1 Å². The number of carbonyl (C=O) groups excluding carboxylic acids is 2. The summed E-state index contributed by atoms with van der Waals surface area (Å²) in [5.41, 5.74) is 14.6. The largest absolute Gasteiger partial charge is 0.366 e. The number of hydrogen-bond donors (Lipinski definition) is 2. The number of carbonyl (C=O) groups is 2. The summed E-state index contributed by atoms with van der Waals surface area (Å²) < 4.78 is 0. The highest BCUT2D eigenvalue weighted by atomic mass is 16.1. The second kappa shape index (κ2) is 6.64. The Bertz CT molecular complexity index is 1190. The highest BCUT2D eigenvalue weighted by molar-refractivity contribution is 6.28. The molecule has 0 atom stereocenters. The summed E-state index contributed by atoms with van der Waals surface area (Å²) >= 11 is 0. The Balaban J connectivity index is 2.42. The topological polar surface area (TPSA) is 86.2 Å². The quantitative estimate of drug-likeness (QED) is 0.519. The molecule has 0 aliphatic carbocycles. The van der Waals surface area contributed by atoms with Crippen molar-refractivity contribution in [3.63, 3.8) is 0 Å². The van der Waals surface area contributed by atoms with Crippen LogP contribution in [0.4, 0.5) is 0 Å². The van der Waals surface area contributed by atoms with Crippen LogP contribution in [0.5, 0.6) is 0 Å². The molecule has 4 heteroatoms. The van der Waals surface area contributed by atoms with Gasteiger partial charge in [-0.15, -0.1) is 0 Å². The van der Waals surface area contributed by atoms with Gasteiger partial charge in [-0.05, 0) is 68.4 Å². The van der Waals surface area contributed by atoms with Crippen LogP contribution in [-0.2, 0) is 12.8 Å². The molecule has 0 aromatic heterocycles. The number of primary amides is 2. The van der Waals surface area contributed by atoms with Crippen molar-refractivity contribution in [1.82, 2.24) is 0 Å². The van der Waals surface area contributed by atoms with Gasteiger partial charge in [-0.3, -0.25) is 9.59 Å². The van der Waals surface area contributed by atoms with Crippen molar-refractivity contribution >= 4 is 44.1 Å². The summed E-state index contributed by atoms with van der Waals surface area (Å²) in [7, 11) is 0. The van der Waals surface area contributed by atoms with E-state index in [1.165, 1.54) is 0 Å². The van der Waals surface area contributed by atoms with Crippen molar-refractivity contribution in [3.05, 3.63) is 70.8 Å². The summed E-state index contributed by atoms with van der Waals surface area (Å²) in [6.45, 7) is 4.19. The van der Waals surface area contributed by atoms with Crippen molar-refractivity contribution in [2.24, 2.45) is 11.5 Å². The van der Waals surface area contributed by atoms with Crippen molar-refractivity contribution in [1.29, 1.82) is 0 Å². The fourth-order valence-electron chi connectivity index (χ4n) is 4.30. The fourth-order valence-corrected chi connectivity index (χ4v) is 4.30. The van der Waals surface area contributed by atoms with Crippen LogP contribution in [0.25, 0.3) is 32.3 Å². The Morgan fingerprint density at radius 1 is 0.714 bits per heavy atom. The van der Waals surface area contributed by atoms with Crippen LogP contribution in [0.3, 0.4) is 0 Å². The number of hydrogen-bond acceptors (Lipinski definition) is 2. The van der Waals surface area contributed by atoms with Gasteiger partial charge in [0.25, 0.3) is 0 Å². The van der Waals surface area contributed by atoms with E-state index in [0.717, 1.165) is 56.3 Å². The zero-order valence-electron chi connectivity index (χ0n) is 16.0. The molecule has 4 rings (SSSR count). The van der Waals surface area contributed by atoms with E-state index in [2.05, 4.69) is 26.0 Å². The van der Waals surface area contributed by atoms with Gasteiger partial charge in [0.05, 0.1) is 0 Å². The number of amides is 2. The SMILES string of the molecule is CCc1cccc2c(C(N)=O)cc3cc(C(N)=O)c4cccc(CC)c4c3c12. The molecule has 0 saturated carbocycles. The Labute approximate surface area is 163 Å². The molecular weight excluding hydrogens is 348 g/mol. The van der Waals surface area contributed by atoms with E-state index in [-0.39, 0.29) is 0 Å². The van der Waals surface area contributed by atoms with Crippen LogP contribution in [0, 0.1) is 0 Å². The molecule has 0 radical (unpaired) electrons. The van der Waals surface area contributed by atoms with Crippen LogP contribution in [0.15, 0.2) is 48.5 Å². The van der Waals surface area contributed by atoms with Crippen LogP contribution >= 0.6 is 0 Å². The van der Waals surface area contributed by atoms with Gasteiger partial charge >= 0.3 is 0 Å². The maximum atomic E-state index is 12.2. The molecule has 0 unspecified atom stereocenters. The smallest absolute Gasteiger partial charge is 0.249 e. The minimum absolute atomic E-state index is 0.460. The lowest BCUT2D eigenvalue weighted by Gasteiger charge is -2.17. The summed E-state index contributed by atoms with van der Waals surface area (Å²) in [6.07, 6.45) is 1.64. The summed E-state index contributed by atoms with van der Waals surface area (Å²) in [5, 5.41) is 5.60. The molecule has 0 heterocycles. The molecule has 4 nitrogen and oxygen atoms in total. The predicted octanol–water partition coefficient (Wildman–Crippen LogP) is 4.47. The van der Waals surface area contributed by atoms with Crippen LogP contribution in [0.2, 0.25) is 0 Å². The number of fused-ring (bicyclic) bond motifs is 5. The Morgan fingerprint density at radius 2 is 1.14 bits per heavy atom. The molecule has 2 amide bonds. The standard InChI is InChI=1S/C24H22N2O2/c1-3-13-7-5-9-16-18(23(25)27)11-15-12-19(24(26)28)17-10-6-8-14(4-2)21(17)22(15)20(13)16/h5-12H,3-4H2,1-2H3,(H2,25,27)(H2,26,28). The minimum atomic E-state index is -0.482. The predicted molar refractivity (Wildman–Crippen MR) is 115 cm³/mol. The maximum absolute atomic E-state index is 12.2. The summed E-state index contributed by atoms with van der Waals surface area (Å²) in [4.78, 5) is 24.4. The van der Waals surface area contributed by atoms with E-state index in [9.17, 15) is 9.59 Å². The first-order valence-corrected chi connectivity index (χ1v) is 9.50. The zero-order chi connectivity index (χ0) is 20.0. The average Bonchev–Trinajstić information content (AvgIpc) is 2.70. The van der Waals surface area contributed by atoms with Crippen LogP contribution in [0.1, 0.15) is 45.7 Å². The fraction of sp³-hybridized carbons (Fsp3) is 0.167. The van der Waals surface area contributed by atoms with Gasteiger partial charge < -0.3 is 11.5 Å². The molecule has 4 aromatic carbocycles. The van der Waals surface area contributed by atoms with Gasteiger partial charge in [0.2, 0.25) is 11.8 Å². The van der Waals surface area contributed by atoms with Crippen molar-refractivity contribution in [3.8, 4) is 0 Å². The van der Waals surface area contributed by atoms with Crippen LogP contribution in [-0.4, -0.2) is 11.8 Å². The Hall–Kier alpha value is -3.40. The molecule has 0 spiro atoms.